The molecule has 1 saturated carbocycles. The Bertz CT molecular complexity index is 674. The van der Waals surface area contributed by atoms with Gasteiger partial charge in [-0.3, -0.25) is 14.4 Å². The molecule has 23 heavy (non-hydrogen) atoms. The van der Waals surface area contributed by atoms with Crippen LogP contribution in [0.25, 0.3) is 0 Å². The maximum absolute atomic E-state index is 12.3. The highest BCUT2D eigenvalue weighted by Crippen LogP contribution is 2.68. The lowest BCUT2D eigenvalue weighted by molar-refractivity contribution is -0.151. The molecule has 2 aliphatic rings. The number of phenols is 1. The zero-order valence-corrected chi connectivity index (χ0v) is 12.4. The molecule has 0 unspecified atom stereocenters. The van der Waals surface area contributed by atoms with E-state index >= 15 is 0 Å². The summed E-state index contributed by atoms with van der Waals surface area (Å²) in [6, 6.07) is 6.56. The number of aryl methyl sites for hydroxylation is 1. The highest BCUT2D eigenvalue weighted by molar-refractivity contribution is 5.96. The van der Waals surface area contributed by atoms with Crippen molar-refractivity contribution in [3.8, 4) is 5.75 Å². The van der Waals surface area contributed by atoms with Crippen LogP contribution >= 0.6 is 0 Å². The van der Waals surface area contributed by atoms with Crippen LogP contribution in [-0.2, 0) is 20.8 Å². The Morgan fingerprint density at radius 1 is 1.09 bits per heavy atom. The summed E-state index contributed by atoms with van der Waals surface area (Å²) in [5, 5.41) is 28.1. The zero-order valence-electron chi connectivity index (χ0n) is 12.4. The highest BCUT2D eigenvalue weighted by Gasteiger charge is 2.81. The summed E-state index contributed by atoms with van der Waals surface area (Å²) in [5.41, 5.74) is -1.87. The van der Waals surface area contributed by atoms with E-state index in [0.717, 1.165) is 5.56 Å². The second kappa shape index (κ2) is 4.97. The van der Waals surface area contributed by atoms with Gasteiger partial charge in [-0.15, -0.1) is 0 Å². The van der Waals surface area contributed by atoms with Crippen molar-refractivity contribution >= 4 is 17.8 Å². The van der Waals surface area contributed by atoms with E-state index in [-0.39, 0.29) is 37.6 Å². The Morgan fingerprint density at radius 3 is 2.22 bits per heavy atom. The predicted octanol–water partition coefficient (Wildman–Crippen LogP) is 0.713. The fourth-order valence-electron chi connectivity index (χ4n) is 3.59. The highest BCUT2D eigenvalue weighted by atomic mass is 16.4. The third-order valence-corrected chi connectivity index (χ3v) is 5.03. The first-order valence-electron chi connectivity index (χ1n) is 7.33. The SMILES string of the molecule is O=C(CCc1cccc(O)c1)N1C[C@@]2(C(=O)O)C[C@@]2(C(=O)O)C1. The molecule has 2 fully saturated rings. The van der Waals surface area contributed by atoms with Gasteiger partial charge in [0.05, 0.1) is 0 Å². The molecule has 1 aromatic rings. The number of fused-ring (bicyclic) bond motifs is 1. The first-order chi connectivity index (χ1) is 10.8. The Hall–Kier alpha value is -2.57. The molecule has 3 rings (SSSR count). The van der Waals surface area contributed by atoms with Crippen LogP contribution in [0, 0.1) is 10.8 Å². The van der Waals surface area contributed by atoms with Crippen molar-refractivity contribution in [3.63, 3.8) is 0 Å². The maximum Gasteiger partial charge on any atom is 0.312 e. The second-order valence-corrected chi connectivity index (χ2v) is 6.37. The molecule has 1 amide bonds. The number of hydrogen-bond acceptors (Lipinski definition) is 4. The van der Waals surface area contributed by atoms with Crippen molar-refractivity contribution in [2.24, 2.45) is 10.8 Å². The van der Waals surface area contributed by atoms with Crippen LogP contribution < -0.4 is 0 Å². The molecule has 0 spiro atoms. The van der Waals surface area contributed by atoms with Gasteiger partial charge in [-0.05, 0) is 30.5 Å². The fraction of sp³-hybridized carbons (Fsp3) is 0.438. The van der Waals surface area contributed by atoms with Crippen LogP contribution in [0.15, 0.2) is 24.3 Å². The molecule has 7 heteroatoms. The number of aliphatic carboxylic acids is 2. The number of phenolic OH excluding ortho intramolecular Hbond substituents is 1. The Kier molecular flexibility index (Phi) is 3.31. The normalized spacial score (nSPS) is 28.3. The first-order valence-corrected chi connectivity index (χ1v) is 7.33. The van der Waals surface area contributed by atoms with E-state index in [4.69, 9.17) is 0 Å². The number of piperidine rings is 1. The lowest BCUT2D eigenvalue weighted by Gasteiger charge is -2.20. The number of rotatable bonds is 5. The van der Waals surface area contributed by atoms with Gasteiger partial charge in [-0.2, -0.15) is 0 Å². The van der Waals surface area contributed by atoms with Gasteiger partial charge in [-0.1, -0.05) is 12.1 Å². The minimum absolute atomic E-state index is 0.0481. The lowest BCUT2D eigenvalue weighted by atomic mass is 9.97. The van der Waals surface area contributed by atoms with Gasteiger partial charge in [-0.25, -0.2) is 0 Å². The number of hydrogen-bond donors (Lipinski definition) is 3. The van der Waals surface area contributed by atoms with Crippen molar-refractivity contribution in [2.75, 3.05) is 13.1 Å². The molecule has 2 atom stereocenters. The third kappa shape index (κ3) is 2.23. The number of carbonyl (C=O) groups is 3. The number of amides is 1. The zero-order chi connectivity index (χ0) is 16.8. The fourth-order valence-corrected chi connectivity index (χ4v) is 3.59. The van der Waals surface area contributed by atoms with Crippen LogP contribution in [0.1, 0.15) is 18.4 Å². The average molecular weight is 319 g/mol. The van der Waals surface area contributed by atoms with E-state index in [1.165, 1.54) is 11.0 Å². The number of benzene rings is 1. The van der Waals surface area contributed by atoms with Crippen molar-refractivity contribution in [2.45, 2.75) is 19.3 Å². The van der Waals surface area contributed by atoms with E-state index in [1.54, 1.807) is 18.2 Å². The summed E-state index contributed by atoms with van der Waals surface area (Å²) in [5.74, 6) is -2.44. The van der Waals surface area contributed by atoms with Crippen molar-refractivity contribution < 1.29 is 29.7 Å². The topological polar surface area (TPSA) is 115 Å². The summed E-state index contributed by atoms with van der Waals surface area (Å²) in [6.45, 7) is -0.0962. The van der Waals surface area contributed by atoms with E-state index in [1.807, 2.05) is 0 Å². The molecule has 0 bridgehead atoms. The summed E-state index contributed by atoms with van der Waals surface area (Å²) in [6.07, 6.45) is 0.639. The number of carbonyl (C=O) groups excluding carboxylic acids is 1. The van der Waals surface area contributed by atoms with Gasteiger partial charge >= 0.3 is 11.9 Å². The summed E-state index contributed by atoms with van der Waals surface area (Å²) >= 11 is 0. The molecule has 1 heterocycles. The predicted molar refractivity (Wildman–Crippen MR) is 77.8 cm³/mol. The average Bonchev–Trinajstić information content (AvgIpc) is 3.04. The Balaban J connectivity index is 1.66. The van der Waals surface area contributed by atoms with Crippen LogP contribution in [0.5, 0.6) is 5.75 Å². The van der Waals surface area contributed by atoms with Crippen molar-refractivity contribution in [1.82, 2.24) is 4.90 Å². The smallest absolute Gasteiger partial charge is 0.312 e. The van der Waals surface area contributed by atoms with Gasteiger partial charge in [0.2, 0.25) is 5.91 Å². The summed E-state index contributed by atoms with van der Waals surface area (Å²) in [4.78, 5) is 36.5. The van der Waals surface area contributed by atoms with E-state index in [9.17, 15) is 29.7 Å². The number of carboxylic acids is 2. The minimum Gasteiger partial charge on any atom is -0.508 e. The summed E-state index contributed by atoms with van der Waals surface area (Å²) < 4.78 is 0. The Morgan fingerprint density at radius 2 is 1.70 bits per heavy atom. The van der Waals surface area contributed by atoms with Crippen molar-refractivity contribution in [1.29, 1.82) is 0 Å². The molecule has 1 aromatic carbocycles. The Labute approximate surface area is 132 Å². The number of likely N-dealkylation sites (tertiary alicyclic amines) is 1. The first kappa shape index (κ1) is 15.3. The van der Waals surface area contributed by atoms with Gasteiger partial charge in [0.25, 0.3) is 0 Å². The van der Waals surface area contributed by atoms with E-state index in [2.05, 4.69) is 0 Å². The van der Waals surface area contributed by atoms with Gasteiger partial charge in [0.1, 0.15) is 16.6 Å². The maximum atomic E-state index is 12.3. The molecule has 3 N–H and O–H groups in total. The minimum atomic E-state index is -1.33. The lowest BCUT2D eigenvalue weighted by Crippen LogP contribution is -2.34. The monoisotopic (exact) mass is 319 g/mol. The molecule has 0 radical (unpaired) electrons. The van der Waals surface area contributed by atoms with Crippen molar-refractivity contribution in [3.05, 3.63) is 29.8 Å². The quantitative estimate of drug-likeness (QED) is 0.736. The standard InChI is InChI=1S/C16H17NO6/c18-11-3-1-2-10(6-11)4-5-12(19)17-8-15(13(20)21)7-16(15,9-17)14(22)23/h1-3,6,18H,4-5,7-9H2,(H,20,21)(H,22,23)/t15-,16+. The van der Waals surface area contributed by atoms with E-state index < -0.39 is 22.8 Å². The summed E-state index contributed by atoms with van der Waals surface area (Å²) in [7, 11) is 0. The van der Waals surface area contributed by atoms with Crippen LogP contribution in [0.3, 0.4) is 0 Å². The molecule has 0 aromatic heterocycles. The molecule has 1 aliphatic heterocycles. The molecule has 1 saturated heterocycles. The van der Waals surface area contributed by atoms with Crippen LogP contribution in [-0.4, -0.2) is 51.2 Å². The molecular formula is C16H17NO6. The van der Waals surface area contributed by atoms with Gasteiger partial charge < -0.3 is 20.2 Å². The largest absolute Gasteiger partial charge is 0.508 e. The third-order valence-electron chi connectivity index (χ3n) is 5.03. The van der Waals surface area contributed by atoms with Crippen LogP contribution in [0.2, 0.25) is 0 Å². The van der Waals surface area contributed by atoms with Gasteiger partial charge in [0.15, 0.2) is 0 Å². The number of nitrogens with zero attached hydrogens (tertiary/aromatic N) is 1. The molecular weight excluding hydrogens is 302 g/mol. The molecule has 122 valence electrons. The second-order valence-electron chi connectivity index (χ2n) is 6.37. The molecule has 7 nitrogen and oxygen atoms in total. The number of aromatic hydroxyl groups is 1. The van der Waals surface area contributed by atoms with E-state index in [0.29, 0.717) is 6.42 Å². The number of carboxylic acid groups (broad SMARTS) is 2. The van der Waals surface area contributed by atoms with Crippen LogP contribution in [0.4, 0.5) is 0 Å². The molecule has 1 aliphatic carbocycles. The van der Waals surface area contributed by atoms with Gasteiger partial charge in [0, 0.05) is 19.5 Å².